The van der Waals surface area contributed by atoms with Crippen LogP contribution in [0.15, 0.2) is 24.3 Å². The number of hydrogen-bond acceptors (Lipinski definition) is 3. The summed E-state index contributed by atoms with van der Waals surface area (Å²) >= 11 is 0. The molecule has 1 aromatic carbocycles. The van der Waals surface area contributed by atoms with Crippen molar-refractivity contribution in [2.24, 2.45) is 5.41 Å². The summed E-state index contributed by atoms with van der Waals surface area (Å²) < 4.78 is 5.50. The highest BCUT2D eigenvalue weighted by Crippen LogP contribution is 2.47. The zero-order chi connectivity index (χ0) is 16.0. The van der Waals surface area contributed by atoms with Gasteiger partial charge < -0.3 is 15.4 Å². The quantitative estimate of drug-likeness (QED) is 0.573. The van der Waals surface area contributed by atoms with Crippen LogP contribution < -0.4 is 15.4 Å². The minimum Gasteiger partial charge on any atom is -0.492 e. The number of carbonyl (C=O) groups excluding carboxylic acids is 2. The van der Waals surface area contributed by atoms with Crippen LogP contribution in [0.3, 0.4) is 0 Å². The predicted octanol–water partition coefficient (Wildman–Crippen LogP) is 2.72. The highest BCUT2D eigenvalue weighted by molar-refractivity contribution is 6.13. The van der Waals surface area contributed by atoms with Crippen LogP contribution in [0.1, 0.15) is 39.5 Å². The number of benzene rings is 1. The van der Waals surface area contributed by atoms with Crippen molar-refractivity contribution in [1.82, 2.24) is 5.32 Å². The number of para-hydroxylation sites is 2. The van der Waals surface area contributed by atoms with Crippen LogP contribution in [-0.2, 0) is 9.59 Å². The van der Waals surface area contributed by atoms with Gasteiger partial charge in [0.25, 0.3) is 0 Å². The summed E-state index contributed by atoms with van der Waals surface area (Å²) in [5.41, 5.74) is -0.283. The van der Waals surface area contributed by atoms with Crippen LogP contribution in [0.2, 0.25) is 0 Å². The van der Waals surface area contributed by atoms with Crippen molar-refractivity contribution in [3.8, 4) is 5.75 Å². The van der Waals surface area contributed by atoms with E-state index in [4.69, 9.17) is 4.74 Å². The van der Waals surface area contributed by atoms with Gasteiger partial charge in [0.1, 0.15) is 11.2 Å². The molecule has 0 atom stereocenters. The first-order valence-corrected chi connectivity index (χ1v) is 7.95. The first kappa shape index (κ1) is 16.3. The Morgan fingerprint density at radius 3 is 2.55 bits per heavy atom. The third-order valence-electron chi connectivity index (χ3n) is 3.87. The van der Waals surface area contributed by atoms with Gasteiger partial charge in [0.15, 0.2) is 0 Å². The molecule has 1 aliphatic carbocycles. The zero-order valence-electron chi connectivity index (χ0n) is 13.3. The van der Waals surface area contributed by atoms with E-state index in [2.05, 4.69) is 17.6 Å². The van der Waals surface area contributed by atoms with E-state index in [0.717, 1.165) is 12.8 Å². The summed E-state index contributed by atoms with van der Waals surface area (Å²) in [6.45, 7) is 5.11. The third-order valence-corrected chi connectivity index (χ3v) is 3.87. The molecule has 0 aliphatic heterocycles. The number of carbonyl (C=O) groups is 2. The number of rotatable bonds is 8. The molecule has 0 unspecified atom stereocenters. The fourth-order valence-electron chi connectivity index (χ4n) is 2.32. The van der Waals surface area contributed by atoms with Crippen molar-refractivity contribution in [1.29, 1.82) is 0 Å². The lowest BCUT2D eigenvalue weighted by Crippen LogP contribution is -2.40. The van der Waals surface area contributed by atoms with E-state index >= 15 is 0 Å². The van der Waals surface area contributed by atoms with Gasteiger partial charge in [0.05, 0.1) is 12.3 Å². The van der Waals surface area contributed by atoms with E-state index in [1.54, 1.807) is 12.1 Å². The second kappa shape index (κ2) is 7.29. The Morgan fingerprint density at radius 2 is 1.91 bits per heavy atom. The van der Waals surface area contributed by atoms with Crippen LogP contribution in [-0.4, -0.2) is 25.0 Å². The van der Waals surface area contributed by atoms with Crippen LogP contribution in [0.4, 0.5) is 5.69 Å². The Kier molecular flexibility index (Phi) is 5.41. The van der Waals surface area contributed by atoms with Crippen LogP contribution >= 0.6 is 0 Å². The molecule has 5 heteroatoms. The van der Waals surface area contributed by atoms with Gasteiger partial charge in [-0.05, 0) is 38.3 Å². The molecule has 2 amide bonds. The van der Waals surface area contributed by atoms with Crippen molar-refractivity contribution >= 4 is 17.5 Å². The van der Waals surface area contributed by atoms with E-state index in [1.807, 2.05) is 19.1 Å². The van der Waals surface area contributed by atoms with Gasteiger partial charge in [-0.2, -0.15) is 0 Å². The number of nitrogens with one attached hydrogen (secondary N) is 2. The molecule has 22 heavy (non-hydrogen) atoms. The summed E-state index contributed by atoms with van der Waals surface area (Å²) in [5.74, 6) is 0.224. The third kappa shape index (κ3) is 3.59. The fraction of sp³-hybridized carbons (Fsp3) is 0.529. The van der Waals surface area contributed by atoms with E-state index in [-0.39, 0.29) is 11.8 Å². The molecular formula is C17H24N2O3. The molecule has 0 aromatic heterocycles. The summed E-state index contributed by atoms with van der Waals surface area (Å²) in [4.78, 5) is 24.7. The van der Waals surface area contributed by atoms with Crippen molar-refractivity contribution in [3.63, 3.8) is 0 Å². The summed E-state index contributed by atoms with van der Waals surface area (Å²) in [6, 6.07) is 7.28. The van der Waals surface area contributed by atoms with Crippen molar-refractivity contribution in [2.75, 3.05) is 18.5 Å². The molecule has 1 fully saturated rings. The first-order valence-electron chi connectivity index (χ1n) is 7.95. The molecule has 1 aliphatic rings. The number of unbranched alkanes of at least 4 members (excludes halogenated alkanes) is 1. The van der Waals surface area contributed by atoms with Gasteiger partial charge in [0, 0.05) is 6.54 Å². The zero-order valence-corrected chi connectivity index (χ0v) is 13.3. The van der Waals surface area contributed by atoms with Gasteiger partial charge in [-0.1, -0.05) is 25.5 Å². The standard InChI is InChI=1S/C17H24N2O3/c1-3-5-12-18-15(20)17(10-11-17)16(21)19-13-8-6-7-9-14(13)22-4-2/h6-9H,3-5,10-12H2,1-2H3,(H,18,20)(H,19,21). The van der Waals surface area contributed by atoms with E-state index < -0.39 is 5.41 Å². The Labute approximate surface area is 131 Å². The van der Waals surface area contributed by atoms with E-state index in [1.165, 1.54) is 0 Å². The Balaban J connectivity index is 2.01. The SMILES string of the molecule is CCCCNC(=O)C1(C(=O)Nc2ccccc2OCC)CC1. The van der Waals surface area contributed by atoms with Crippen molar-refractivity contribution < 1.29 is 14.3 Å². The Hall–Kier alpha value is -2.04. The largest absolute Gasteiger partial charge is 0.492 e. The van der Waals surface area contributed by atoms with Crippen LogP contribution in [0.25, 0.3) is 0 Å². The molecular weight excluding hydrogens is 280 g/mol. The number of amides is 2. The monoisotopic (exact) mass is 304 g/mol. The minimum absolute atomic E-state index is 0.160. The second-order valence-corrected chi connectivity index (χ2v) is 5.57. The van der Waals surface area contributed by atoms with Crippen molar-refractivity contribution in [3.05, 3.63) is 24.3 Å². The molecule has 1 saturated carbocycles. The Morgan fingerprint density at radius 1 is 1.18 bits per heavy atom. The predicted molar refractivity (Wildman–Crippen MR) is 85.8 cm³/mol. The highest BCUT2D eigenvalue weighted by atomic mass is 16.5. The molecule has 0 saturated heterocycles. The highest BCUT2D eigenvalue weighted by Gasteiger charge is 2.56. The Bertz CT molecular complexity index is 538. The van der Waals surface area contributed by atoms with Gasteiger partial charge in [-0.3, -0.25) is 9.59 Å². The average molecular weight is 304 g/mol. The summed E-state index contributed by atoms with van der Waals surface area (Å²) in [6.07, 6.45) is 3.15. The number of ether oxygens (including phenoxy) is 1. The van der Waals surface area contributed by atoms with Gasteiger partial charge in [0.2, 0.25) is 11.8 Å². The lowest BCUT2D eigenvalue weighted by atomic mass is 10.0. The smallest absolute Gasteiger partial charge is 0.240 e. The molecule has 5 nitrogen and oxygen atoms in total. The van der Waals surface area contributed by atoms with E-state index in [9.17, 15) is 9.59 Å². The maximum Gasteiger partial charge on any atom is 0.240 e. The van der Waals surface area contributed by atoms with Gasteiger partial charge in [-0.15, -0.1) is 0 Å². The fourth-order valence-corrected chi connectivity index (χ4v) is 2.32. The minimum atomic E-state index is -0.896. The first-order chi connectivity index (χ1) is 10.6. The van der Waals surface area contributed by atoms with Gasteiger partial charge >= 0.3 is 0 Å². The van der Waals surface area contributed by atoms with Crippen LogP contribution in [0.5, 0.6) is 5.75 Å². The maximum atomic E-state index is 12.5. The summed E-state index contributed by atoms with van der Waals surface area (Å²) in [5, 5.41) is 5.71. The molecule has 0 spiro atoms. The normalized spacial score (nSPS) is 15.0. The van der Waals surface area contributed by atoms with Crippen molar-refractivity contribution in [2.45, 2.75) is 39.5 Å². The maximum absolute atomic E-state index is 12.5. The second-order valence-electron chi connectivity index (χ2n) is 5.57. The average Bonchev–Trinajstić information content (AvgIpc) is 3.31. The number of hydrogen-bond donors (Lipinski definition) is 2. The molecule has 0 bridgehead atoms. The van der Waals surface area contributed by atoms with Gasteiger partial charge in [-0.25, -0.2) is 0 Å². The topological polar surface area (TPSA) is 67.4 Å². The number of anilines is 1. The van der Waals surface area contributed by atoms with Crippen LogP contribution in [0, 0.1) is 5.41 Å². The molecule has 0 radical (unpaired) electrons. The van der Waals surface area contributed by atoms with E-state index in [0.29, 0.717) is 37.4 Å². The molecule has 0 heterocycles. The molecule has 2 rings (SSSR count). The lowest BCUT2D eigenvalue weighted by molar-refractivity contribution is -0.134. The summed E-state index contributed by atoms with van der Waals surface area (Å²) in [7, 11) is 0. The molecule has 120 valence electrons. The molecule has 2 N–H and O–H groups in total. The molecule has 1 aromatic rings. The lowest BCUT2D eigenvalue weighted by Gasteiger charge is -2.17.